The zero-order chi connectivity index (χ0) is 24.4. The Morgan fingerprint density at radius 3 is 2.20 bits per heavy atom. The van der Waals surface area contributed by atoms with E-state index in [1.54, 1.807) is 18.2 Å². The number of benzene rings is 3. The number of amidine groups is 1. The number of rotatable bonds is 5. The van der Waals surface area contributed by atoms with Crippen LogP contribution in [0.15, 0.2) is 104 Å². The summed E-state index contributed by atoms with van der Waals surface area (Å²) < 4.78 is 30.3. The fourth-order valence-electron chi connectivity index (χ4n) is 3.92. The molecule has 3 aromatic carbocycles. The minimum atomic E-state index is -4.02. The van der Waals surface area contributed by atoms with E-state index in [2.05, 4.69) is 9.39 Å². The molecule has 1 saturated carbocycles. The molecule has 35 heavy (non-hydrogen) atoms. The van der Waals surface area contributed by atoms with Gasteiger partial charge in [-0.3, -0.25) is 0 Å². The van der Waals surface area contributed by atoms with Crippen LogP contribution in [0.5, 0.6) is 0 Å². The van der Waals surface area contributed by atoms with Gasteiger partial charge in [-0.2, -0.15) is 18.5 Å². The Morgan fingerprint density at radius 1 is 0.943 bits per heavy atom. The van der Waals surface area contributed by atoms with Crippen LogP contribution in [0.3, 0.4) is 0 Å². The summed E-state index contributed by atoms with van der Waals surface area (Å²) in [6, 6.07) is 25.4. The third-order valence-electron chi connectivity index (χ3n) is 5.95. The SMILES string of the molecule is N/C(=N\C(=N/S(=O)(=O)c1ccccc1)N1CC(c2ccccc2)C(c2ccc(Cl)cc2)=N1)C1CC1. The third-order valence-corrected chi connectivity index (χ3v) is 7.48. The monoisotopic (exact) mass is 505 g/mol. The van der Waals surface area contributed by atoms with Crippen LogP contribution < -0.4 is 5.73 Å². The van der Waals surface area contributed by atoms with Crippen molar-refractivity contribution in [3.8, 4) is 0 Å². The fourth-order valence-corrected chi connectivity index (χ4v) is 5.00. The van der Waals surface area contributed by atoms with Gasteiger partial charge < -0.3 is 5.73 Å². The van der Waals surface area contributed by atoms with Crippen molar-refractivity contribution >= 4 is 39.1 Å². The molecule has 2 N–H and O–H groups in total. The molecule has 0 spiro atoms. The molecule has 1 unspecified atom stereocenters. The van der Waals surface area contributed by atoms with Gasteiger partial charge in [0, 0.05) is 16.9 Å². The Kier molecular flexibility index (Phi) is 6.40. The zero-order valence-corrected chi connectivity index (χ0v) is 20.4. The standard InChI is InChI=1S/C26H24ClN5O2S/c27-21-15-13-19(14-16-21)24-23(18-7-3-1-4-8-18)17-32(30-24)26(29-25(28)20-11-12-20)31-35(33,34)22-9-5-2-6-10-22/h1-10,13-16,20,23H,11-12,17H2,(H2,28,29,31). The van der Waals surface area contributed by atoms with Gasteiger partial charge in [-0.1, -0.05) is 72.3 Å². The molecule has 1 aliphatic heterocycles. The Morgan fingerprint density at radius 2 is 1.57 bits per heavy atom. The van der Waals surface area contributed by atoms with Crippen molar-refractivity contribution in [2.45, 2.75) is 23.7 Å². The van der Waals surface area contributed by atoms with Crippen LogP contribution in [0.1, 0.15) is 29.9 Å². The number of nitrogens with two attached hydrogens (primary N) is 1. The predicted molar refractivity (Wildman–Crippen MR) is 139 cm³/mol. The molecule has 2 aliphatic rings. The van der Waals surface area contributed by atoms with Crippen molar-refractivity contribution in [2.75, 3.05) is 6.54 Å². The lowest BCUT2D eigenvalue weighted by molar-refractivity contribution is 0.470. The first-order valence-electron chi connectivity index (χ1n) is 11.3. The Balaban J connectivity index is 1.60. The number of nitrogens with zero attached hydrogens (tertiary/aromatic N) is 4. The highest BCUT2D eigenvalue weighted by Gasteiger charge is 2.34. The van der Waals surface area contributed by atoms with Gasteiger partial charge in [0.1, 0.15) is 5.84 Å². The summed E-state index contributed by atoms with van der Waals surface area (Å²) >= 11 is 6.11. The molecule has 7 nitrogen and oxygen atoms in total. The van der Waals surface area contributed by atoms with Gasteiger partial charge in [-0.25, -0.2) is 5.01 Å². The molecule has 0 aromatic heterocycles. The van der Waals surface area contributed by atoms with Gasteiger partial charge >= 0.3 is 0 Å². The van der Waals surface area contributed by atoms with E-state index in [0.29, 0.717) is 17.4 Å². The van der Waals surface area contributed by atoms with Crippen molar-refractivity contribution < 1.29 is 8.42 Å². The zero-order valence-electron chi connectivity index (χ0n) is 18.8. The summed E-state index contributed by atoms with van der Waals surface area (Å²) in [5.41, 5.74) is 8.91. The van der Waals surface area contributed by atoms with E-state index in [1.807, 2.05) is 54.6 Å². The second-order valence-corrected chi connectivity index (χ2v) is 10.6. The number of hydrogen-bond acceptors (Lipinski definition) is 3. The Bertz CT molecular complexity index is 1400. The summed E-state index contributed by atoms with van der Waals surface area (Å²) in [7, 11) is -4.02. The van der Waals surface area contributed by atoms with Gasteiger partial charge in [0.2, 0.25) is 0 Å². The molecule has 5 rings (SSSR count). The van der Waals surface area contributed by atoms with Crippen molar-refractivity contribution in [1.29, 1.82) is 0 Å². The van der Waals surface area contributed by atoms with Crippen molar-refractivity contribution in [3.63, 3.8) is 0 Å². The van der Waals surface area contributed by atoms with E-state index < -0.39 is 10.0 Å². The minimum absolute atomic E-state index is 0.0388. The predicted octanol–water partition coefficient (Wildman–Crippen LogP) is 4.66. The van der Waals surface area contributed by atoms with Gasteiger partial charge in [-0.05, 0) is 48.2 Å². The van der Waals surface area contributed by atoms with Crippen molar-refractivity contribution in [2.24, 2.45) is 26.1 Å². The van der Waals surface area contributed by atoms with E-state index in [-0.39, 0.29) is 22.7 Å². The number of guanidine groups is 1. The average Bonchev–Trinajstić information content (AvgIpc) is 3.64. The summed E-state index contributed by atoms with van der Waals surface area (Å²) in [6.07, 6.45) is 1.86. The molecule has 9 heteroatoms. The van der Waals surface area contributed by atoms with Gasteiger partial charge in [0.15, 0.2) is 0 Å². The molecule has 1 atom stereocenters. The fraction of sp³-hybridized carbons (Fsp3) is 0.192. The smallest absolute Gasteiger partial charge is 0.285 e. The van der Waals surface area contributed by atoms with Crippen molar-refractivity contribution in [3.05, 3.63) is 101 Å². The second-order valence-electron chi connectivity index (χ2n) is 8.53. The summed E-state index contributed by atoms with van der Waals surface area (Å²) in [6.45, 7) is 0.368. The molecule has 1 aliphatic carbocycles. The second kappa shape index (κ2) is 9.64. The molecule has 0 saturated heterocycles. The molecule has 1 heterocycles. The number of sulfonamides is 1. The van der Waals surface area contributed by atoms with E-state index in [9.17, 15) is 8.42 Å². The third kappa shape index (κ3) is 5.28. The first kappa shape index (κ1) is 23.3. The van der Waals surface area contributed by atoms with Crippen molar-refractivity contribution in [1.82, 2.24) is 5.01 Å². The van der Waals surface area contributed by atoms with Gasteiger partial charge in [0.25, 0.3) is 16.0 Å². The molecular weight excluding hydrogens is 482 g/mol. The van der Waals surface area contributed by atoms with Crippen LogP contribution in [0.4, 0.5) is 0 Å². The first-order valence-corrected chi connectivity index (χ1v) is 13.1. The number of aliphatic imine (C=N–C) groups is 1. The summed E-state index contributed by atoms with van der Waals surface area (Å²) in [4.78, 5) is 4.55. The molecule has 178 valence electrons. The number of hydrazone groups is 1. The lowest BCUT2D eigenvalue weighted by Gasteiger charge is -2.16. The number of hydrogen-bond donors (Lipinski definition) is 1. The van der Waals surface area contributed by atoms with Crippen LogP contribution in [-0.2, 0) is 10.0 Å². The molecule has 0 radical (unpaired) electrons. The maximum absolute atomic E-state index is 13.1. The minimum Gasteiger partial charge on any atom is -0.387 e. The van der Waals surface area contributed by atoms with Crippen LogP contribution in [0, 0.1) is 5.92 Å². The quantitative estimate of drug-likeness (QED) is 0.402. The highest BCUT2D eigenvalue weighted by Crippen LogP contribution is 2.32. The Hall–Kier alpha value is -3.49. The maximum atomic E-state index is 13.1. The van der Waals surface area contributed by atoms with Gasteiger partial charge in [-0.15, -0.1) is 4.40 Å². The largest absolute Gasteiger partial charge is 0.387 e. The van der Waals surface area contributed by atoms with Gasteiger partial charge in [0.05, 0.1) is 17.2 Å². The lowest BCUT2D eigenvalue weighted by Crippen LogP contribution is -2.28. The molecule has 0 bridgehead atoms. The number of halogens is 1. The van der Waals surface area contributed by atoms with Crippen LogP contribution in [-0.4, -0.2) is 37.5 Å². The molecule has 3 aromatic rings. The van der Waals surface area contributed by atoms with E-state index in [0.717, 1.165) is 29.7 Å². The Labute approximate surface area is 209 Å². The van der Waals surface area contributed by atoms with E-state index in [1.165, 1.54) is 17.1 Å². The summed E-state index contributed by atoms with van der Waals surface area (Å²) in [5.74, 6) is 0.354. The molecule has 0 amide bonds. The topological polar surface area (TPSA) is 100 Å². The van der Waals surface area contributed by atoms with E-state index >= 15 is 0 Å². The average molecular weight is 506 g/mol. The molecular formula is C26H24ClN5O2S. The van der Waals surface area contributed by atoms with E-state index in [4.69, 9.17) is 22.4 Å². The highest BCUT2D eigenvalue weighted by atomic mass is 35.5. The van der Waals surface area contributed by atoms with Crippen LogP contribution in [0.25, 0.3) is 0 Å². The normalized spacial score (nSPS) is 19.1. The lowest BCUT2D eigenvalue weighted by atomic mass is 9.91. The van der Waals surface area contributed by atoms with Crippen LogP contribution in [0.2, 0.25) is 5.02 Å². The maximum Gasteiger partial charge on any atom is 0.285 e. The first-order chi connectivity index (χ1) is 16.9. The highest BCUT2D eigenvalue weighted by molar-refractivity contribution is 7.90. The molecule has 1 fully saturated rings. The summed E-state index contributed by atoms with van der Waals surface area (Å²) in [5, 5.41) is 6.97. The van der Waals surface area contributed by atoms with Crippen LogP contribution >= 0.6 is 11.6 Å².